The highest BCUT2D eigenvalue weighted by molar-refractivity contribution is 5.08. The fourth-order valence-corrected chi connectivity index (χ4v) is 1.04. The average molecular weight is 454 g/mol. The Labute approximate surface area is 133 Å². The van der Waals surface area contributed by atoms with E-state index in [1.165, 1.54) is 0 Å². The summed E-state index contributed by atoms with van der Waals surface area (Å²) in [5.74, 6) is -33.6. The van der Waals surface area contributed by atoms with Gasteiger partial charge in [-0.25, -0.2) is 4.74 Å². The summed E-state index contributed by atoms with van der Waals surface area (Å²) < 4.78 is 222. The van der Waals surface area contributed by atoms with Crippen LogP contribution in [0, 0.1) is 0 Å². The number of hydrogen-bond acceptors (Lipinski definition) is 1. The lowest BCUT2D eigenvalue weighted by Crippen LogP contribution is -2.71. The second kappa shape index (κ2) is 6.10. The fraction of sp³-hybridized carbons (Fsp3) is 1.00. The lowest BCUT2D eigenvalue weighted by molar-refractivity contribution is -0.517. The van der Waals surface area contributed by atoms with Gasteiger partial charge in [-0.1, -0.05) is 0 Å². The summed E-state index contributed by atoms with van der Waals surface area (Å²) in [6.07, 6.45) is -30.5. The Balaban J connectivity index is 6.32. The van der Waals surface area contributed by atoms with Crippen molar-refractivity contribution in [2.24, 2.45) is 0 Å². The summed E-state index contributed by atoms with van der Waals surface area (Å²) in [6, 6.07) is 0. The fourth-order valence-electron chi connectivity index (χ4n) is 1.04. The van der Waals surface area contributed by atoms with E-state index in [9.17, 15) is 79.0 Å². The van der Waals surface area contributed by atoms with Crippen LogP contribution in [-0.2, 0) is 4.74 Å². The summed E-state index contributed by atoms with van der Waals surface area (Å²) >= 11 is 0. The Bertz CT molecular complexity index is 537. The second-order valence-electron chi connectivity index (χ2n) is 4.43. The third-order valence-corrected chi connectivity index (χ3v) is 2.49. The molecule has 0 aliphatic rings. The molecule has 0 radical (unpaired) electrons. The van der Waals surface area contributed by atoms with Crippen molar-refractivity contribution in [1.82, 2.24) is 0 Å². The number of rotatable bonds is 6. The van der Waals surface area contributed by atoms with Gasteiger partial charge in [-0.05, 0) is 0 Å². The predicted molar refractivity (Wildman–Crippen MR) is 42.9 cm³/mol. The zero-order valence-corrected chi connectivity index (χ0v) is 11.2. The van der Waals surface area contributed by atoms with Crippen LogP contribution in [0.3, 0.4) is 0 Å². The smallest absolute Gasteiger partial charge is 0.243 e. The minimum Gasteiger partial charge on any atom is -0.243 e. The highest BCUT2D eigenvalue weighted by atomic mass is 19.4. The van der Waals surface area contributed by atoms with E-state index in [4.69, 9.17) is 0 Å². The maximum atomic E-state index is 12.8. The summed E-state index contributed by atoms with van der Waals surface area (Å²) in [7, 11) is 0. The van der Waals surface area contributed by atoms with E-state index in [2.05, 4.69) is 0 Å². The molecule has 0 bridgehead atoms. The Morgan fingerprint density at radius 1 is 0.296 bits per heavy atom. The molecule has 0 fully saturated rings. The van der Waals surface area contributed by atoms with Gasteiger partial charge >= 0.3 is 48.3 Å². The number of halogens is 18. The molecule has 19 heteroatoms. The molecule has 0 atom stereocenters. The molecular formula is C8F18O. The van der Waals surface area contributed by atoms with E-state index < -0.39 is 48.3 Å². The standard InChI is InChI=1S/C8F18O/c9-1(10,3(13,14)5(17,18)19)2(11,12)4(15,16)7(23,24)27-8(25,26)6(20,21)22. The predicted octanol–water partition coefficient (Wildman–Crippen LogP) is 5.85. The summed E-state index contributed by atoms with van der Waals surface area (Å²) in [5.41, 5.74) is 0. The Hall–Kier alpha value is -1.30. The van der Waals surface area contributed by atoms with Crippen LogP contribution in [0.4, 0.5) is 79.0 Å². The molecule has 0 unspecified atom stereocenters. The molecule has 0 saturated heterocycles. The topological polar surface area (TPSA) is 9.23 Å². The van der Waals surface area contributed by atoms with Crippen molar-refractivity contribution in [3.8, 4) is 0 Å². The average Bonchev–Trinajstić information content (AvgIpc) is 2.33. The van der Waals surface area contributed by atoms with Crippen LogP contribution in [0.5, 0.6) is 0 Å². The number of hydrogen-bond donors (Lipinski definition) is 0. The van der Waals surface area contributed by atoms with Crippen LogP contribution >= 0.6 is 0 Å². The van der Waals surface area contributed by atoms with E-state index in [0.29, 0.717) is 0 Å². The normalized spacial score (nSPS) is 16.7. The van der Waals surface area contributed by atoms with E-state index in [0.717, 1.165) is 4.74 Å². The molecular weight excluding hydrogens is 454 g/mol. The molecule has 0 aromatic carbocycles. The Morgan fingerprint density at radius 2 is 0.593 bits per heavy atom. The zero-order valence-electron chi connectivity index (χ0n) is 11.2. The summed E-state index contributed by atoms with van der Waals surface area (Å²) in [6.45, 7) is 0. The van der Waals surface area contributed by atoms with Crippen molar-refractivity contribution >= 4 is 0 Å². The third-order valence-electron chi connectivity index (χ3n) is 2.49. The van der Waals surface area contributed by atoms with E-state index in [1.54, 1.807) is 0 Å². The quantitative estimate of drug-likeness (QED) is 0.458. The van der Waals surface area contributed by atoms with Crippen molar-refractivity contribution in [3.63, 3.8) is 0 Å². The van der Waals surface area contributed by atoms with E-state index >= 15 is 0 Å². The molecule has 27 heavy (non-hydrogen) atoms. The molecule has 1 nitrogen and oxygen atoms in total. The highest BCUT2D eigenvalue weighted by Crippen LogP contribution is 2.61. The first-order valence-corrected chi connectivity index (χ1v) is 5.31. The van der Waals surface area contributed by atoms with Crippen molar-refractivity contribution in [1.29, 1.82) is 0 Å². The maximum Gasteiger partial charge on any atom is 0.483 e. The van der Waals surface area contributed by atoms with Gasteiger partial charge in [0, 0.05) is 0 Å². The van der Waals surface area contributed by atoms with Crippen LogP contribution in [-0.4, -0.2) is 48.3 Å². The van der Waals surface area contributed by atoms with Gasteiger partial charge in [0.1, 0.15) is 0 Å². The van der Waals surface area contributed by atoms with Gasteiger partial charge in [0.15, 0.2) is 0 Å². The van der Waals surface area contributed by atoms with Crippen LogP contribution in [0.2, 0.25) is 0 Å². The highest BCUT2D eigenvalue weighted by Gasteiger charge is 2.92. The molecule has 0 spiro atoms. The van der Waals surface area contributed by atoms with E-state index in [1.807, 2.05) is 0 Å². The molecule has 0 aliphatic carbocycles. The molecule has 0 saturated carbocycles. The van der Waals surface area contributed by atoms with Gasteiger partial charge < -0.3 is 0 Å². The zero-order chi connectivity index (χ0) is 22.7. The number of ether oxygens (including phenoxy) is 1. The molecule has 0 amide bonds. The monoisotopic (exact) mass is 454 g/mol. The molecule has 0 aromatic heterocycles. The van der Waals surface area contributed by atoms with Crippen molar-refractivity contribution < 1.29 is 83.8 Å². The van der Waals surface area contributed by atoms with Crippen molar-refractivity contribution in [3.05, 3.63) is 0 Å². The third kappa shape index (κ3) is 3.69. The molecule has 164 valence electrons. The molecule has 0 rings (SSSR count). The van der Waals surface area contributed by atoms with Crippen LogP contribution in [0.25, 0.3) is 0 Å². The Kier molecular flexibility index (Phi) is 5.80. The van der Waals surface area contributed by atoms with Crippen molar-refractivity contribution in [2.45, 2.75) is 48.3 Å². The SMILES string of the molecule is FC(F)(F)C(F)(F)OC(F)(F)C(F)(F)C(F)(F)C(F)(F)C(F)(F)C(F)(F)F. The van der Waals surface area contributed by atoms with Crippen LogP contribution < -0.4 is 0 Å². The minimum atomic E-state index is -8.55. The van der Waals surface area contributed by atoms with Crippen LogP contribution in [0.1, 0.15) is 0 Å². The Morgan fingerprint density at radius 3 is 0.852 bits per heavy atom. The van der Waals surface area contributed by atoms with Gasteiger partial charge in [-0.2, -0.15) is 79.0 Å². The largest absolute Gasteiger partial charge is 0.483 e. The summed E-state index contributed by atoms with van der Waals surface area (Å²) in [4.78, 5) is 0. The van der Waals surface area contributed by atoms with Gasteiger partial charge in [0.25, 0.3) is 0 Å². The lowest BCUT2D eigenvalue weighted by atomic mass is 9.97. The van der Waals surface area contributed by atoms with Gasteiger partial charge in [0.2, 0.25) is 0 Å². The van der Waals surface area contributed by atoms with E-state index in [-0.39, 0.29) is 0 Å². The molecule has 0 aromatic rings. The van der Waals surface area contributed by atoms with Gasteiger partial charge in [-0.15, -0.1) is 0 Å². The second-order valence-corrected chi connectivity index (χ2v) is 4.43. The lowest BCUT2D eigenvalue weighted by Gasteiger charge is -2.39. The molecule has 0 N–H and O–H groups in total. The first kappa shape index (κ1) is 25.7. The number of alkyl halides is 18. The van der Waals surface area contributed by atoms with Crippen LogP contribution in [0.15, 0.2) is 0 Å². The maximum absolute atomic E-state index is 12.8. The van der Waals surface area contributed by atoms with Crippen molar-refractivity contribution in [2.75, 3.05) is 0 Å². The van der Waals surface area contributed by atoms with Gasteiger partial charge in [-0.3, -0.25) is 0 Å². The first-order chi connectivity index (χ1) is 11.2. The first-order valence-electron chi connectivity index (χ1n) is 5.31. The minimum absolute atomic E-state index is 1.05. The summed E-state index contributed by atoms with van der Waals surface area (Å²) in [5, 5.41) is 0. The molecule has 0 heterocycles. The van der Waals surface area contributed by atoms with Gasteiger partial charge in [0.05, 0.1) is 0 Å². The molecule has 0 aliphatic heterocycles.